The first-order valence-corrected chi connectivity index (χ1v) is 13.8. The zero-order valence-corrected chi connectivity index (χ0v) is 19.6. The number of hydrogen-bond donors (Lipinski definition) is 2. The molecule has 0 radical (unpaired) electrons. The minimum Gasteiger partial charge on any atom is -0.394 e. The van der Waals surface area contributed by atoms with Gasteiger partial charge in [-0.1, -0.05) is 19.3 Å². The first-order valence-electron chi connectivity index (χ1n) is 13.8. The molecule has 162 valence electrons. The summed E-state index contributed by atoms with van der Waals surface area (Å²) in [5.41, 5.74) is 0.998. The zero-order valence-electron chi connectivity index (χ0n) is 19.6. The third-order valence-corrected chi connectivity index (χ3v) is 12.6. The lowest BCUT2D eigenvalue weighted by Crippen LogP contribution is -2.55. The number of unbranched alkanes of at least 4 members (excludes halogenated alkanes) is 2. The molecule has 2 N–H and O–H groups in total. The normalized spacial score (nSPS) is 35.7. The molecule has 0 bridgehead atoms. The summed E-state index contributed by atoms with van der Waals surface area (Å²) < 4.78 is 8.46. The maximum absolute atomic E-state index is 13.1. The summed E-state index contributed by atoms with van der Waals surface area (Å²) in [5, 5.41) is 20.2. The predicted octanol–water partition coefficient (Wildman–Crippen LogP) is -3.23. The van der Waals surface area contributed by atoms with E-state index in [1.807, 2.05) is 0 Å². The standard InChI is InChI=1S/C17H24B10N2O5/c1-10-8-29(13-7-11(31)12(9-30)34-13)16(33)28(14(10)32)6-4-2-3-5-17-15-18-22-20(17)27-25(24(18)22)19(15)23-21(17)26(23)27/h8,11-13,15,30-31H,2-7,9H2,1H3. The van der Waals surface area contributed by atoms with E-state index in [0.29, 0.717) is 12.1 Å². The maximum atomic E-state index is 13.1. The van der Waals surface area contributed by atoms with Crippen molar-refractivity contribution in [2.24, 2.45) is 0 Å². The fraction of sp³-hybridized carbons (Fsp3) is 0.765. The van der Waals surface area contributed by atoms with E-state index in [0.717, 1.165) is 75.3 Å². The Morgan fingerprint density at radius 3 is 2.50 bits per heavy atom. The maximum Gasteiger partial charge on any atom is 0.333 e. The van der Waals surface area contributed by atoms with E-state index >= 15 is 0 Å². The van der Waals surface area contributed by atoms with Gasteiger partial charge in [-0.3, -0.25) is 13.9 Å². The predicted molar refractivity (Wildman–Crippen MR) is 144 cm³/mol. The Hall–Kier alpha value is -0.791. The molecule has 9 saturated heterocycles. The molecule has 17 heteroatoms. The number of aryl methyl sites for hydroxylation is 1. The van der Waals surface area contributed by atoms with Gasteiger partial charge in [0.05, 0.1) is 12.7 Å². The van der Waals surface area contributed by atoms with Crippen molar-refractivity contribution in [1.82, 2.24) is 9.13 Å². The monoisotopic (exact) mass is 446 g/mol. The molecule has 1 aromatic heterocycles. The molecule has 0 amide bonds. The first-order chi connectivity index (χ1) is 16.5. The molecule has 0 aliphatic carbocycles. The van der Waals surface area contributed by atoms with Gasteiger partial charge in [0.15, 0.2) is 0 Å². The Bertz CT molecular complexity index is 1230. The van der Waals surface area contributed by atoms with Crippen LogP contribution >= 0.6 is 0 Å². The Balaban J connectivity index is 0.889. The third kappa shape index (κ3) is 1.97. The fourth-order valence-electron chi connectivity index (χ4n) is 12.4. The van der Waals surface area contributed by atoms with E-state index in [2.05, 4.69) is 0 Å². The van der Waals surface area contributed by atoms with Crippen molar-refractivity contribution in [3.05, 3.63) is 32.6 Å². The lowest BCUT2D eigenvalue weighted by Gasteiger charge is -2.42. The zero-order chi connectivity index (χ0) is 22.8. The summed E-state index contributed by atoms with van der Waals surface area (Å²) in [6, 6.07) is 0. The van der Waals surface area contributed by atoms with E-state index in [4.69, 9.17) is 4.74 Å². The fourth-order valence-corrected chi connectivity index (χ4v) is 12.4. The molecule has 5 unspecified atom stereocenters. The molecule has 10 heterocycles. The molecule has 34 heavy (non-hydrogen) atoms. The highest BCUT2D eigenvalue weighted by Gasteiger charge is 3.04. The van der Waals surface area contributed by atoms with Crippen molar-refractivity contribution < 1.29 is 14.9 Å². The Labute approximate surface area is 202 Å². The number of rotatable bonds is 8. The van der Waals surface area contributed by atoms with Crippen LogP contribution < -0.4 is 11.2 Å². The molecule has 10 rings (SSSR count). The molecule has 9 aliphatic heterocycles. The van der Waals surface area contributed by atoms with Gasteiger partial charge in [0.1, 0.15) is 12.3 Å². The second-order valence-corrected chi connectivity index (χ2v) is 13.2. The average Bonchev–Trinajstić information content (AvgIpc) is 3.27. The van der Waals surface area contributed by atoms with Crippen LogP contribution in [0.25, 0.3) is 0 Å². The van der Waals surface area contributed by atoms with E-state index in [9.17, 15) is 19.8 Å². The first kappa shape index (κ1) is 20.3. The summed E-state index contributed by atoms with van der Waals surface area (Å²) >= 11 is 0. The van der Waals surface area contributed by atoms with Crippen LogP contribution in [0.3, 0.4) is 0 Å². The molecule has 0 aromatic carbocycles. The van der Waals surface area contributed by atoms with E-state index in [-0.39, 0.29) is 24.3 Å². The van der Waals surface area contributed by atoms with Crippen molar-refractivity contribution in [3.63, 3.8) is 0 Å². The number of aliphatic hydroxyl groups is 2. The highest BCUT2D eigenvalue weighted by atomic mass is 16.5. The summed E-state index contributed by atoms with van der Waals surface area (Å²) in [6.45, 7) is 6.33. The molecular formula is C17H24B10N2O5. The Morgan fingerprint density at radius 1 is 1.06 bits per heavy atom. The Morgan fingerprint density at radius 2 is 1.76 bits per heavy atom. The van der Waals surface area contributed by atoms with Gasteiger partial charge in [-0.05, 0) is 13.3 Å². The summed E-state index contributed by atoms with van der Waals surface area (Å²) in [4.78, 5) is 25.9. The van der Waals surface area contributed by atoms with Crippen molar-refractivity contribution in [2.75, 3.05) is 6.61 Å². The van der Waals surface area contributed by atoms with E-state index in [1.54, 1.807) is 6.92 Å². The van der Waals surface area contributed by atoms with Gasteiger partial charge in [0.25, 0.3) is 5.56 Å². The quantitative estimate of drug-likeness (QED) is 0.325. The molecule has 0 spiro atoms. The molecule has 0 saturated carbocycles. The Kier molecular flexibility index (Phi) is 3.69. The van der Waals surface area contributed by atoms with Gasteiger partial charge in [-0.25, -0.2) is 4.79 Å². The molecule has 1 aromatic rings. The van der Waals surface area contributed by atoms with Gasteiger partial charge < -0.3 is 14.9 Å². The van der Waals surface area contributed by atoms with Crippen LogP contribution in [0.1, 0.15) is 43.9 Å². The van der Waals surface area contributed by atoms with Crippen LogP contribution in [0.5, 0.6) is 0 Å². The molecular weight excluding hydrogens is 420 g/mol. The van der Waals surface area contributed by atoms with Gasteiger partial charge in [-0.2, -0.15) is 0 Å². The molecule has 7 nitrogen and oxygen atoms in total. The van der Waals surface area contributed by atoms with Crippen LogP contribution in [-0.4, -0.2) is 102 Å². The minimum absolute atomic E-state index is 0.228. The van der Waals surface area contributed by atoms with Gasteiger partial charge in [0.2, 0.25) is 0 Å². The van der Waals surface area contributed by atoms with Crippen LogP contribution in [-0.2, 0) is 11.3 Å². The number of ether oxygens (including phenoxy) is 1. The van der Waals surface area contributed by atoms with Crippen molar-refractivity contribution in [1.29, 1.82) is 0 Å². The summed E-state index contributed by atoms with van der Waals surface area (Å²) in [7, 11) is 0. The summed E-state index contributed by atoms with van der Waals surface area (Å²) in [5.74, 6) is 0. The highest BCUT2D eigenvalue weighted by molar-refractivity contribution is 8.55. The minimum atomic E-state index is -0.812. The lowest BCUT2D eigenvalue weighted by molar-refractivity contribution is -0.0464. The van der Waals surface area contributed by atoms with Crippen LogP contribution in [0.2, 0.25) is 10.9 Å². The molecule has 5 atom stereocenters. The third-order valence-electron chi connectivity index (χ3n) is 12.6. The van der Waals surface area contributed by atoms with Crippen LogP contribution in [0.15, 0.2) is 15.8 Å². The second-order valence-electron chi connectivity index (χ2n) is 13.2. The SMILES string of the molecule is Cc1cn(C2CC(O)C(CO)O2)c(=O)n(CCCCCC23B4B5B6B7B4B7C2B6B2B5B23)c1=O. The summed E-state index contributed by atoms with van der Waals surface area (Å²) in [6.07, 6.45) is 11.1. The molecule has 9 fully saturated rings. The number of aromatic nitrogens is 2. The van der Waals surface area contributed by atoms with Crippen molar-refractivity contribution >= 4 is 64.3 Å². The number of nitrogens with zero attached hydrogens (tertiary/aromatic N) is 2. The highest BCUT2D eigenvalue weighted by Crippen LogP contribution is 2.83. The van der Waals surface area contributed by atoms with E-state index < -0.39 is 18.4 Å². The topological polar surface area (TPSA) is 93.7 Å². The van der Waals surface area contributed by atoms with Crippen LogP contribution in [0.4, 0.5) is 0 Å². The largest absolute Gasteiger partial charge is 0.394 e. The number of hydrogen-bond acceptors (Lipinski definition) is 5. The molecule has 9 aliphatic rings. The number of aliphatic hydroxyl groups excluding tert-OH is 2. The lowest BCUT2D eigenvalue weighted by atomic mass is 8.68. The van der Waals surface area contributed by atoms with Crippen LogP contribution in [0, 0.1) is 6.92 Å². The van der Waals surface area contributed by atoms with Gasteiger partial charge >= 0.3 is 5.69 Å². The smallest absolute Gasteiger partial charge is 0.333 e. The average molecular weight is 445 g/mol. The van der Waals surface area contributed by atoms with Crippen molar-refractivity contribution in [3.8, 4) is 0 Å². The van der Waals surface area contributed by atoms with E-state index in [1.165, 1.54) is 40.9 Å². The van der Waals surface area contributed by atoms with Gasteiger partial charge in [0, 0.05) is 89.0 Å². The van der Waals surface area contributed by atoms with Crippen molar-refractivity contribution in [2.45, 2.75) is 74.9 Å². The second kappa shape index (κ2) is 6.19. The van der Waals surface area contributed by atoms with Gasteiger partial charge in [-0.15, -0.1) is 10.9 Å².